The van der Waals surface area contributed by atoms with Gasteiger partial charge in [0.25, 0.3) is 5.01 Å². The highest BCUT2D eigenvalue weighted by molar-refractivity contribution is 8.06. The summed E-state index contributed by atoms with van der Waals surface area (Å²) < 4.78 is 2.27. The molecule has 0 N–H and O–H groups in total. The molecule has 2 rings (SSSR count). The second-order valence-electron chi connectivity index (χ2n) is 5.70. The molecule has 0 amide bonds. The Bertz CT molecular complexity index is 529. The molecule has 2 nitrogen and oxygen atoms in total. The number of allylic oxidation sites excluding steroid dienone is 1. The Morgan fingerprint density at radius 1 is 1.19 bits per heavy atom. The van der Waals surface area contributed by atoms with Crippen molar-refractivity contribution in [2.45, 2.75) is 52.9 Å². The van der Waals surface area contributed by atoms with Crippen molar-refractivity contribution >= 4 is 29.2 Å². The number of hydrogen-bond acceptors (Lipinski definition) is 3. The Kier molecular flexibility index (Phi) is 6.37. The predicted molar refractivity (Wildman–Crippen MR) is 95.0 cm³/mol. The van der Waals surface area contributed by atoms with E-state index < -0.39 is 0 Å². The molecule has 4 heteroatoms. The summed E-state index contributed by atoms with van der Waals surface area (Å²) in [5.41, 5.74) is 2.71. The molecule has 21 heavy (non-hydrogen) atoms. The molecule has 0 saturated carbocycles. The fourth-order valence-electron chi connectivity index (χ4n) is 2.43. The van der Waals surface area contributed by atoms with Crippen molar-refractivity contribution in [3.8, 4) is 0 Å². The normalized spacial score (nSPS) is 16.9. The van der Waals surface area contributed by atoms with E-state index in [4.69, 9.17) is 0 Å². The highest BCUT2D eigenvalue weighted by Crippen LogP contribution is 2.35. The Morgan fingerprint density at radius 3 is 2.62 bits per heavy atom. The maximum Gasteiger partial charge on any atom is 0.264 e. The Labute approximate surface area is 137 Å². The molecule has 0 atom stereocenters. The molecule has 1 aliphatic heterocycles. The van der Waals surface area contributed by atoms with Crippen LogP contribution in [0.15, 0.2) is 21.5 Å². The van der Waals surface area contributed by atoms with Crippen LogP contribution in [0.25, 0.3) is 6.08 Å². The Balaban J connectivity index is 1.97. The smallest absolute Gasteiger partial charge is 0.264 e. The Morgan fingerprint density at radius 2 is 1.95 bits per heavy atom. The minimum Gasteiger partial charge on any atom is -0.339 e. The molecule has 0 bridgehead atoms. The van der Waals surface area contributed by atoms with Gasteiger partial charge >= 0.3 is 0 Å². The minimum atomic E-state index is 1.15. The van der Waals surface area contributed by atoms with E-state index in [2.05, 4.69) is 54.2 Å². The van der Waals surface area contributed by atoms with Crippen molar-refractivity contribution < 1.29 is 4.57 Å². The summed E-state index contributed by atoms with van der Waals surface area (Å²) in [5.74, 6) is 0. The van der Waals surface area contributed by atoms with Gasteiger partial charge in [0.2, 0.25) is 0 Å². The summed E-state index contributed by atoms with van der Waals surface area (Å²) in [6.45, 7) is 7.81. The first kappa shape index (κ1) is 16.6. The highest BCUT2D eigenvalue weighted by atomic mass is 32.2. The summed E-state index contributed by atoms with van der Waals surface area (Å²) in [6, 6.07) is 0. The lowest BCUT2D eigenvalue weighted by molar-refractivity contribution is -0.674. The summed E-state index contributed by atoms with van der Waals surface area (Å²) in [6.07, 6.45) is 9.04. The summed E-state index contributed by atoms with van der Waals surface area (Å²) in [4.78, 5) is 2.48. The molecule has 1 aliphatic rings. The SMILES string of the molecule is CCCCCCCN1C(C)=CS/C1=C\c1scc(C)[n+]1C. The average Bonchev–Trinajstić information content (AvgIpc) is 2.97. The van der Waals surface area contributed by atoms with Gasteiger partial charge in [-0.15, -0.1) is 0 Å². The zero-order valence-electron chi connectivity index (χ0n) is 13.7. The van der Waals surface area contributed by atoms with E-state index in [1.807, 2.05) is 23.1 Å². The molecule has 0 aliphatic carbocycles. The third-order valence-electron chi connectivity index (χ3n) is 3.98. The van der Waals surface area contributed by atoms with Gasteiger partial charge in [0, 0.05) is 19.2 Å². The fourth-order valence-corrected chi connectivity index (χ4v) is 4.40. The van der Waals surface area contributed by atoms with Gasteiger partial charge in [-0.3, -0.25) is 0 Å². The number of thiazole rings is 1. The molecule has 1 aromatic rings. The van der Waals surface area contributed by atoms with Gasteiger partial charge in [-0.25, -0.2) is 0 Å². The lowest BCUT2D eigenvalue weighted by Gasteiger charge is -2.21. The maximum absolute atomic E-state index is 2.48. The number of unbranched alkanes of at least 4 members (excludes halogenated alkanes) is 4. The first-order valence-corrected chi connectivity index (χ1v) is 9.66. The molecule has 0 spiro atoms. The third kappa shape index (κ3) is 4.36. The van der Waals surface area contributed by atoms with Crippen LogP contribution in [-0.4, -0.2) is 11.4 Å². The highest BCUT2D eigenvalue weighted by Gasteiger charge is 2.20. The van der Waals surface area contributed by atoms with Crippen LogP contribution in [0.4, 0.5) is 0 Å². The van der Waals surface area contributed by atoms with Crippen LogP contribution in [0.2, 0.25) is 0 Å². The van der Waals surface area contributed by atoms with Crippen molar-refractivity contribution in [2.75, 3.05) is 6.54 Å². The molecular weight excluding hydrogens is 296 g/mol. The fraction of sp³-hybridized carbons (Fsp3) is 0.588. The van der Waals surface area contributed by atoms with Gasteiger partial charge in [-0.1, -0.05) is 55.7 Å². The first-order chi connectivity index (χ1) is 10.1. The van der Waals surface area contributed by atoms with Gasteiger partial charge in [-0.2, -0.15) is 4.57 Å². The van der Waals surface area contributed by atoms with Crippen LogP contribution >= 0.6 is 23.1 Å². The molecular formula is C17H27N2S2+. The summed E-state index contributed by atoms with van der Waals surface area (Å²) in [7, 11) is 2.15. The molecule has 0 saturated heterocycles. The van der Waals surface area contributed by atoms with E-state index in [1.165, 1.54) is 53.5 Å². The quantitative estimate of drug-likeness (QED) is 0.511. The lowest BCUT2D eigenvalue weighted by atomic mass is 10.1. The second-order valence-corrected chi connectivity index (χ2v) is 7.48. The predicted octanol–water partition coefficient (Wildman–Crippen LogP) is 5.06. The van der Waals surface area contributed by atoms with Gasteiger partial charge in [0.05, 0.1) is 16.5 Å². The molecule has 116 valence electrons. The van der Waals surface area contributed by atoms with Gasteiger partial charge < -0.3 is 4.90 Å². The van der Waals surface area contributed by atoms with Gasteiger partial charge in [0.1, 0.15) is 7.05 Å². The van der Waals surface area contributed by atoms with E-state index in [0.717, 1.165) is 6.54 Å². The number of nitrogens with zero attached hydrogens (tertiary/aromatic N) is 2. The second kappa shape index (κ2) is 8.04. The van der Waals surface area contributed by atoms with Crippen LogP contribution in [-0.2, 0) is 7.05 Å². The van der Waals surface area contributed by atoms with Crippen molar-refractivity contribution in [3.05, 3.63) is 32.2 Å². The summed E-state index contributed by atoms with van der Waals surface area (Å²) in [5, 5.41) is 7.20. The number of rotatable bonds is 7. The minimum absolute atomic E-state index is 1.15. The van der Waals surface area contributed by atoms with Crippen LogP contribution in [0, 0.1) is 6.92 Å². The van der Waals surface area contributed by atoms with E-state index >= 15 is 0 Å². The number of aromatic nitrogens is 1. The van der Waals surface area contributed by atoms with E-state index in [1.54, 1.807) is 0 Å². The van der Waals surface area contributed by atoms with Crippen molar-refractivity contribution in [3.63, 3.8) is 0 Å². The van der Waals surface area contributed by atoms with Crippen LogP contribution in [0.5, 0.6) is 0 Å². The average molecular weight is 324 g/mol. The van der Waals surface area contributed by atoms with Crippen molar-refractivity contribution in [1.82, 2.24) is 4.90 Å². The first-order valence-electron chi connectivity index (χ1n) is 7.90. The van der Waals surface area contributed by atoms with Crippen LogP contribution in [0.1, 0.15) is 56.7 Å². The summed E-state index contributed by atoms with van der Waals surface area (Å²) >= 11 is 3.68. The van der Waals surface area contributed by atoms with Crippen LogP contribution < -0.4 is 4.57 Å². The molecule has 2 heterocycles. The standard InChI is InChI=1S/C17H27N2S2/c1-5-6-7-8-9-10-19-15(3)13-21-17(19)11-16-18(4)14(2)12-20-16/h11-13H,5-10H2,1-4H3/q+1. The van der Waals surface area contributed by atoms with E-state index in [9.17, 15) is 0 Å². The molecule has 0 fully saturated rings. The zero-order chi connectivity index (χ0) is 15.2. The van der Waals surface area contributed by atoms with E-state index in [-0.39, 0.29) is 0 Å². The number of thioether (sulfide) groups is 1. The topological polar surface area (TPSA) is 7.12 Å². The molecule has 0 aromatic carbocycles. The largest absolute Gasteiger partial charge is 0.339 e. The monoisotopic (exact) mass is 323 g/mol. The van der Waals surface area contributed by atoms with Crippen molar-refractivity contribution in [2.24, 2.45) is 7.05 Å². The number of aryl methyl sites for hydroxylation is 1. The molecule has 1 aromatic heterocycles. The van der Waals surface area contributed by atoms with Crippen molar-refractivity contribution in [1.29, 1.82) is 0 Å². The van der Waals surface area contributed by atoms with Crippen LogP contribution in [0.3, 0.4) is 0 Å². The molecule has 0 unspecified atom stereocenters. The third-order valence-corrected chi connectivity index (χ3v) is 6.11. The van der Waals surface area contributed by atoms with Gasteiger partial charge in [-0.05, 0) is 18.8 Å². The Hall–Kier alpha value is -0.740. The maximum atomic E-state index is 2.48. The number of hydrogen-bond donors (Lipinski definition) is 0. The van der Waals surface area contributed by atoms with Gasteiger partial charge in [0.15, 0.2) is 5.69 Å². The lowest BCUT2D eigenvalue weighted by Crippen LogP contribution is -2.31. The molecule has 0 radical (unpaired) electrons. The zero-order valence-corrected chi connectivity index (χ0v) is 15.3. The van der Waals surface area contributed by atoms with E-state index in [0.29, 0.717) is 0 Å².